The molecule has 1 fully saturated rings. The van der Waals surface area contributed by atoms with Crippen molar-refractivity contribution < 1.29 is 9.53 Å². The fraction of sp³-hybridized carbons (Fsp3) is 0.714. The number of hydrogen-bond acceptors (Lipinski definition) is 4. The highest BCUT2D eigenvalue weighted by Crippen LogP contribution is 2.31. The van der Waals surface area contributed by atoms with E-state index in [9.17, 15) is 4.79 Å². The maximum Gasteiger partial charge on any atom is 0.415 e. The second-order valence-corrected chi connectivity index (χ2v) is 8.08. The van der Waals surface area contributed by atoms with E-state index < -0.39 is 5.60 Å². The molecular weight excluding hydrogens is 326 g/mol. The van der Waals surface area contributed by atoms with E-state index in [1.165, 1.54) is 44.2 Å². The molecule has 0 spiro atoms. The first-order chi connectivity index (χ1) is 12.4. The van der Waals surface area contributed by atoms with Gasteiger partial charge in [-0.25, -0.2) is 9.78 Å². The van der Waals surface area contributed by atoms with E-state index in [-0.39, 0.29) is 6.09 Å². The number of aromatic nitrogens is 1. The molecule has 2 heterocycles. The monoisotopic (exact) mass is 361 g/mol. The van der Waals surface area contributed by atoms with Crippen molar-refractivity contribution >= 4 is 11.9 Å². The molecule has 1 saturated heterocycles. The van der Waals surface area contributed by atoms with Gasteiger partial charge < -0.3 is 4.74 Å². The van der Waals surface area contributed by atoms with E-state index >= 15 is 0 Å². The van der Waals surface area contributed by atoms with Gasteiger partial charge in [-0.2, -0.15) is 0 Å². The molecule has 0 N–H and O–H groups in total. The van der Waals surface area contributed by atoms with Crippen molar-refractivity contribution in [2.75, 3.05) is 24.5 Å². The predicted molar refractivity (Wildman–Crippen MR) is 107 cm³/mol. The summed E-state index contributed by atoms with van der Waals surface area (Å²) in [5.74, 6) is 0.654. The third-order valence-electron chi connectivity index (χ3n) is 4.77. The normalized spacial score (nSPS) is 18.6. The number of unbranched alkanes of at least 4 members (excludes halogenated alkanes) is 1. The maximum absolute atomic E-state index is 12.4. The molecule has 0 saturated carbocycles. The first-order valence-corrected chi connectivity index (χ1v) is 10.1. The highest BCUT2D eigenvalue weighted by molar-refractivity contribution is 5.86. The van der Waals surface area contributed by atoms with Crippen molar-refractivity contribution in [1.82, 2.24) is 9.88 Å². The third kappa shape index (κ3) is 5.70. The van der Waals surface area contributed by atoms with Crippen LogP contribution >= 0.6 is 0 Å². The molecule has 0 unspecified atom stereocenters. The van der Waals surface area contributed by atoms with E-state index in [1.807, 2.05) is 40.0 Å². The minimum atomic E-state index is -0.508. The molecule has 5 nitrogen and oxygen atoms in total. The smallest absolute Gasteiger partial charge is 0.415 e. The van der Waals surface area contributed by atoms with Crippen LogP contribution in [-0.4, -0.2) is 41.2 Å². The predicted octanol–water partition coefficient (Wildman–Crippen LogP) is 5.17. The number of carbonyl (C=O) groups is 1. The molecule has 1 atom stereocenters. The summed E-state index contributed by atoms with van der Waals surface area (Å²) in [6, 6.07) is 4.54. The lowest BCUT2D eigenvalue weighted by atomic mass is 9.96. The van der Waals surface area contributed by atoms with Gasteiger partial charge in [0.05, 0.1) is 0 Å². The molecule has 1 aromatic rings. The second-order valence-electron chi connectivity index (χ2n) is 8.08. The summed E-state index contributed by atoms with van der Waals surface area (Å²) < 4.78 is 5.49. The number of amides is 1. The lowest BCUT2D eigenvalue weighted by Gasteiger charge is -2.36. The number of piperidine rings is 1. The summed E-state index contributed by atoms with van der Waals surface area (Å²) in [4.78, 5) is 21.2. The van der Waals surface area contributed by atoms with Crippen molar-refractivity contribution in [3.05, 3.63) is 23.9 Å². The number of likely N-dealkylation sites (tertiary alicyclic amines) is 1. The Hall–Kier alpha value is -1.62. The van der Waals surface area contributed by atoms with Crippen LogP contribution in [0.25, 0.3) is 0 Å². The Bertz CT molecular complexity index is 566. The molecule has 1 aliphatic heterocycles. The van der Waals surface area contributed by atoms with Crippen LogP contribution < -0.4 is 4.90 Å². The van der Waals surface area contributed by atoms with Crippen molar-refractivity contribution in [3.8, 4) is 0 Å². The van der Waals surface area contributed by atoms with Crippen molar-refractivity contribution in [2.45, 2.75) is 78.4 Å². The second kappa shape index (κ2) is 9.36. The van der Waals surface area contributed by atoms with Crippen LogP contribution in [0.15, 0.2) is 18.3 Å². The van der Waals surface area contributed by atoms with E-state index in [4.69, 9.17) is 4.74 Å². The van der Waals surface area contributed by atoms with Gasteiger partial charge in [0, 0.05) is 18.8 Å². The van der Waals surface area contributed by atoms with Gasteiger partial charge in [-0.15, -0.1) is 0 Å². The summed E-state index contributed by atoms with van der Waals surface area (Å²) in [6.45, 7) is 12.7. The van der Waals surface area contributed by atoms with E-state index in [1.54, 1.807) is 4.90 Å². The Morgan fingerprint density at radius 1 is 1.31 bits per heavy atom. The van der Waals surface area contributed by atoms with E-state index in [0.29, 0.717) is 18.4 Å². The fourth-order valence-electron chi connectivity index (χ4n) is 3.45. The Morgan fingerprint density at radius 2 is 2.08 bits per heavy atom. The number of nitrogens with zero attached hydrogens (tertiary/aromatic N) is 3. The van der Waals surface area contributed by atoms with Crippen LogP contribution in [0.4, 0.5) is 10.6 Å². The van der Waals surface area contributed by atoms with Gasteiger partial charge in [0.15, 0.2) is 0 Å². The number of anilines is 1. The van der Waals surface area contributed by atoms with Crippen molar-refractivity contribution in [1.29, 1.82) is 0 Å². The van der Waals surface area contributed by atoms with Crippen molar-refractivity contribution in [2.24, 2.45) is 0 Å². The molecule has 26 heavy (non-hydrogen) atoms. The highest BCUT2D eigenvalue weighted by atomic mass is 16.6. The molecule has 146 valence electrons. The summed E-state index contributed by atoms with van der Waals surface area (Å²) in [5, 5.41) is 0. The molecule has 2 rings (SSSR count). The van der Waals surface area contributed by atoms with E-state index in [0.717, 1.165) is 6.54 Å². The molecule has 0 bridgehead atoms. The van der Waals surface area contributed by atoms with Gasteiger partial charge in [-0.1, -0.05) is 25.8 Å². The average molecular weight is 362 g/mol. The molecule has 1 amide bonds. The Labute approximate surface area is 158 Å². The average Bonchev–Trinajstić information content (AvgIpc) is 2.60. The van der Waals surface area contributed by atoms with Crippen LogP contribution in [0.2, 0.25) is 0 Å². The molecule has 1 aliphatic rings. The molecule has 0 aliphatic carbocycles. The standard InChI is InChI=1S/C21H35N3O2/c1-6-8-14-23-15-10-9-11-18(23)17-12-13-19(22-16-17)24(7-2)20(25)26-21(3,4)5/h12-13,16,18H,6-11,14-15H2,1-5H3/t18-/m0/s1. The van der Waals surface area contributed by atoms with Gasteiger partial charge in [0.1, 0.15) is 11.4 Å². The Kier molecular flexibility index (Phi) is 7.44. The molecular formula is C21H35N3O2. The zero-order valence-corrected chi connectivity index (χ0v) is 17.1. The quantitative estimate of drug-likeness (QED) is 0.701. The van der Waals surface area contributed by atoms with Gasteiger partial charge in [-0.3, -0.25) is 9.80 Å². The maximum atomic E-state index is 12.4. The van der Waals surface area contributed by atoms with Crippen LogP contribution in [0.5, 0.6) is 0 Å². The summed E-state index contributed by atoms with van der Waals surface area (Å²) in [5.41, 5.74) is 0.747. The number of pyridine rings is 1. The van der Waals surface area contributed by atoms with Gasteiger partial charge in [0.25, 0.3) is 0 Å². The summed E-state index contributed by atoms with van der Waals surface area (Å²) >= 11 is 0. The SMILES string of the molecule is CCCCN1CCCC[C@H]1c1ccc(N(CC)C(=O)OC(C)(C)C)nc1. The number of ether oxygens (including phenoxy) is 1. The molecule has 1 aromatic heterocycles. The lowest BCUT2D eigenvalue weighted by molar-refractivity contribution is 0.0581. The fourth-order valence-corrected chi connectivity index (χ4v) is 3.45. The van der Waals surface area contributed by atoms with Crippen LogP contribution in [0.1, 0.15) is 78.3 Å². The lowest BCUT2D eigenvalue weighted by Crippen LogP contribution is -2.37. The first-order valence-electron chi connectivity index (χ1n) is 10.1. The van der Waals surface area contributed by atoms with Crippen LogP contribution in [-0.2, 0) is 4.74 Å². The molecule has 0 radical (unpaired) electrons. The Morgan fingerprint density at radius 3 is 2.65 bits per heavy atom. The molecule has 0 aromatic carbocycles. The van der Waals surface area contributed by atoms with Crippen molar-refractivity contribution in [3.63, 3.8) is 0 Å². The zero-order chi connectivity index (χ0) is 19.2. The Balaban J connectivity index is 2.11. The topological polar surface area (TPSA) is 45.7 Å². The number of carbonyl (C=O) groups excluding carboxylic acids is 1. The van der Waals surface area contributed by atoms with Crippen LogP contribution in [0.3, 0.4) is 0 Å². The number of rotatable bonds is 6. The largest absolute Gasteiger partial charge is 0.443 e. The van der Waals surface area contributed by atoms with Gasteiger partial charge in [-0.05, 0) is 71.7 Å². The third-order valence-corrected chi connectivity index (χ3v) is 4.77. The summed E-state index contributed by atoms with van der Waals surface area (Å²) in [7, 11) is 0. The van der Waals surface area contributed by atoms with Gasteiger partial charge in [0.2, 0.25) is 0 Å². The first kappa shape index (κ1) is 20.7. The minimum Gasteiger partial charge on any atom is -0.443 e. The minimum absolute atomic E-state index is 0.345. The molecule has 5 heteroatoms. The van der Waals surface area contributed by atoms with E-state index in [2.05, 4.69) is 22.9 Å². The van der Waals surface area contributed by atoms with Crippen LogP contribution in [0, 0.1) is 0 Å². The highest BCUT2D eigenvalue weighted by Gasteiger charge is 2.25. The van der Waals surface area contributed by atoms with Gasteiger partial charge >= 0.3 is 6.09 Å². The zero-order valence-electron chi connectivity index (χ0n) is 17.1. The summed E-state index contributed by atoms with van der Waals surface area (Å²) in [6.07, 6.45) is 7.81. The number of hydrogen-bond donors (Lipinski definition) is 0.